The van der Waals surface area contributed by atoms with Crippen LogP contribution in [0.3, 0.4) is 0 Å². The largest absolute Gasteiger partial charge is 0.388 e. The number of hydrogen-bond donors (Lipinski definition) is 2. The molecule has 1 aromatic carbocycles. The minimum atomic E-state index is -0.794. The predicted octanol–water partition coefficient (Wildman–Crippen LogP) is 3.03. The van der Waals surface area contributed by atoms with Crippen LogP contribution in [0.4, 0.5) is 5.69 Å². The van der Waals surface area contributed by atoms with Gasteiger partial charge in [0.25, 0.3) is 0 Å². The van der Waals surface area contributed by atoms with Crippen LogP contribution in [0, 0.1) is 17.2 Å². The molecule has 0 aliphatic rings. The molecule has 0 saturated heterocycles. The maximum Gasteiger partial charge on any atom is 0.0992 e. The smallest absolute Gasteiger partial charge is 0.0992 e. The van der Waals surface area contributed by atoms with E-state index in [1.807, 2.05) is 19.9 Å². The van der Waals surface area contributed by atoms with Crippen molar-refractivity contribution in [3.8, 4) is 6.07 Å². The van der Waals surface area contributed by atoms with Crippen LogP contribution in [0.25, 0.3) is 0 Å². The summed E-state index contributed by atoms with van der Waals surface area (Å²) >= 11 is 6.02. The van der Waals surface area contributed by atoms with Gasteiger partial charge in [-0.2, -0.15) is 5.26 Å². The highest BCUT2D eigenvalue weighted by atomic mass is 35.5. The van der Waals surface area contributed by atoms with Gasteiger partial charge in [-0.1, -0.05) is 25.4 Å². The third kappa shape index (κ3) is 3.62. The molecule has 0 amide bonds. The van der Waals surface area contributed by atoms with Crippen molar-refractivity contribution in [2.45, 2.75) is 26.4 Å². The molecule has 0 aliphatic heterocycles. The highest BCUT2D eigenvalue weighted by Gasteiger charge is 2.24. The molecule has 0 saturated carbocycles. The van der Waals surface area contributed by atoms with Gasteiger partial charge in [-0.15, -0.1) is 0 Å². The van der Waals surface area contributed by atoms with Crippen molar-refractivity contribution in [2.24, 2.45) is 5.92 Å². The average Bonchev–Trinajstić information content (AvgIpc) is 2.27. The predicted molar refractivity (Wildman–Crippen MR) is 70.1 cm³/mol. The van der Waals surface area contributed by atoms with Gasteiger partial charge in [0.05, 0.1) is 27.9 Å². The van der Waals surface area contributed by atoms with Gasteiger partial charge in [-0.05, 0) is 31.0 Å². The second-order valence-corrected chi connectivity index (χ2v) is 5.08. The van der Waals surface area contributed by atoms with Crippen molar-refractivity contribution in [3.63, 3.8) is 0 Å². The fourth-order valence-electron chi connectivity index (χ4n) is 1.21. The molecule has 0 bridgehead atoms. The SMILES string of the molecule is CC(C)C(C)(O)CNc1ccc(C#N)cc1Cl. The number of hydrogen-bond acceptors (Lipinski definition) is 3. The second kappa shape index (κ2) is 5.39. The van der Waals surface area contributed by atoms with Gasteiger partial charge < -0.3 is 10.4 Å². The molecule has 4 heteroatoms. The Bertz CT molecular complexity index is 436. The number of nitriles is 1. The van der Waals surface area contributed by atoms with Gasteiger partial charge >= 0.3 is 0 Å². The maximum absolute atomic E-state index is 10.1. The Labute approximate surface area is 107 Å². The number of benzene rings is 1. The third-order valence-electron chi connectivity index (χ3n) is 2.98. The third-order valence-corrected chi connectivity index (χ3v) is 3.29. The zero-order chi connectivity index (χ0) is 13.1. The molecule has 0 heterocycles. The van der Waals surface area contributed by atoms with Crippen LogP contribution < -0.4 is 5.32 Å². The van der Waals surface area contributed by atoms with E-state index in [2.05, 4.69) is 5.32 Å². The minimum absolute atomic E-state index is 0.146. The summed E-state index contributed by atoms with van der Waals surface area (Å²) < 4.78 is 0. The molecule has 0 spiro atoms. The molecule has 1 atom stereocenters. The van der Waals surface area contributed by atoms with Crippen LogP contribution in [0.2, 0.25) is 5.02 Å². The van der Waals surface area contributed by atoms with E-state index in [1.165, 1.54) is 0 Å². The van der Waals surface area contributed by atoms with Crippen LogP contribution in [-0.4, -0.2) is 17.3 Å². The minimum Gasteiger partial charge on any atom is -0.388 e. The van der Waals surface area contributed by atoms with Gasteiger partial charge in [0.1, 0.15) is 0 Å². The number of aliphatic hydroxyl groups is 1. The summed E-state index contributed by atoms with van der Waals surface area (Å²) in [6, 6.07) is 7.07. The van der Waals surface area contributed by atoms with Crippen molar-refractivity contribution in [1.29, 1.82) is 5.26 Å². The molecule has 0 radical (unpaired) electrons. The molecule has 0 fully saturated rings. The van der Waals surface area contributed by atoms with Gasteiger partial charge in [0.15, 0.2) is 0 Å². The Balaban J connectivity index is 2.74. The molecule has 1 unspecified atom stereocenters. The van der Waals surface area contributed by atoms with Crippen molar-refractivity contribution in [2.75, 3.05) is 11.9 Å². The lowest BCUT2D eigenvalue weighted by atomic mass is 9.92. The Hall–Kier alpha value is -1.24. The summed E-state index contributed by atoms with van der Waals surface area (Å²) in [5.41, 5.74) is 0.458. The molecule has 2 N–H and O–H groups in total. The first-order valence-corrected chi connectivity index (χ1v) is 5.90. The van der Waals surface area contributed by atoms with Crippen molar-refractivity contribution < 1.29 is 5.11 Å². The molecule has 17 heavy (non-hydrogen) atoms. The monoisotopic (exact) mass is 252 g/mol. The van der Waals surface area contributed by atoms with Crippen LogP contribution >= 0.6 is 11.6 Å². The fraction of sp³-hybridized carbons (Fsp3) is 0.462. The number of anilines is 1. The highest BCUT2D eigenvalue weighted by Crippen LogP contribution is 2.24. The molecule has 3 nitrogen and oxygen atoms in total. The Morgan fingerprint density at radius 2 is 2.18 bits per heavy atom. The zero-order valence-electron chi connectivity index (χ0n) is 10.3. The molecule has 1 rings (SSSR count). The Kier molecular flexibility index (Phi) is 4.39. The van der Waals surface area contributed by atoms with E-state index in [1.54, 1.807) is 25.1 Å². The van der Waals surface area contributed by atoms with Crippen LogP contribution in [0.5, 0.6) is 0 Å². The molecule has 1 aromatic rings. The van der Waals surface area contributed by atoms with E-state index in [0.29, 0.717) is 17.1 Å². The normalized spacial score (nSPS) is 14.2. The fourth-order valence-corrected chi connectivity index (χ4v) is 1.45. The van der Waals surface area contributed by atoms with Crippen molar-refractivity contribution in [1.82, 2.24) is 0 Å². The van der Waals surface area contributed by atoms with Crippen LogP contribution in [0.1, 0.15) is 26.3 Å². The van der Waals surface area contributed by atoms with Crippen molar-refractivity contribution >= 4 is 17.3 Å². The maximum atomic E-state index is 10.1. The highest BCUT2D eigenvalue weighted by molar-refractivity contribution is 6.33. The van der Waals surface area contributed by atoms with E-state index in [-0.39, 0.29) is 5.92 Å². The van der Waals surface area contributed by atoms with Crippen molar-refractivity contribution in [3.05, 3.63) is 28.8 Å². The average molecular weight is 253 g/mol. The summed E-state index contributed by atoms with van der Waals surface area (Å²) in [6.07, 6.45) is 0. The van der Waals surface area contributed by atoms with Crippen LogP contribution in [0.15, 0.2) is 18.2 Å². The summed E-state index contributed by atoms with van der Waals surface area (Å²) in [5, 5.41) is 22.4. The molecule has 92 valence electrons. The summed E-state index contributed by atoms with van der Waals surface area (Å²) in [4.78, 5) is 0. The molecule has 0 aliphatic carbocycles. The van der Waals surface area contributed by atoms with Gasteiger partial charge in [-0.3, -0.25) is 0 Å². The standard InChI is InChI=1S/C13H17ClN2O/c1-9(2)13(3,17)8-16-12-5-4-10(7-15)6-11(12)14/h4-6,9,16-17H,8H2,1-3H3. The van der Waals surface area contributed by atoms with Gasteiger partial charge in [-0.25, -0.2) is 0 Å². The summed E-state index contributed by atoms with van der Waals surface area (Å²) in [6.45, 7) is 6.11. The number of nitrogens with zero attached hydrogens (tertiary/aromatic N) is 1. The van der Waals surface area contributed by atoms with E-state index in [0.717, 1.165) is 5.69 Å². The van der Waals surface area contributed by atoms with E-state index < -0.39 is 5.60 Å². The lowest BCUT2D eigenvalue weighted by Crippen LogP contribution is -2.38. The quantitative estimate of drug-likeness (QED) is 0.866. The number of nitrogens with one attached hydrogen (secondary N) is 1. The van der Waals surface area contributed by atoms with Gasteiger partial charge in [0.2, 0.25) is 0 Å². The van der Waals surface area contributed by atoms with E-state index >= 15 is 0 Å². The van der Waals surface area contributed by atoms with E-state index in [9.17, 15) is 5.11 Å². The lowest BCUT2D eigenvalue weighted by Gasteiger charge is -2.28. The first kappa shape index (κ1) is 13.8. The topological polar surface area (TPSA) is 56.0 Å². The number of rotatable bonds is 4. The lowest BCUT2D eigenvalue weighted by molar-refractivity contribution is 0.0266. The molecular formula is C13H17ClN2O. The van der Waals surface area contributed by atoms with Crippen LogP contribution in [-0.2, 0) is 0 Å². The second-order valence-electron chi connectivity index (χ2n) is 4.67. The first-order valence-electron chi connectivity index (χ1n) is 5.52. The van der Waals surface area contributed by atoms with E-state index in [4.69, 9.17) is 16.9 Å². The molecule has 0 aromatic heterocycles. The first-order chi connectivity index (χ1) is 7.86. The number of halogens is 1. The summed E-state index contributed by atoms with van der Waals surface area (Å²) in [5.74, 6) is 0.146. The Morgan fingerprint density at radius 1 is 1.53 bits per heavy atom. The Morgan fingerprint density at radius 3 is 2.65 bits per heavy atom. The molecular weight excluding hydrogens is 236 g/mol. The zero-order valence-corrected chi connectivity index (χ0v) is 11.0. The van der Waals surface area contributed by atoms with Gasteiger partial charge in [0, 0.05) is 6.54 Å². The summed E-state index contributed by atoms with van der Waals surface area (Å²) in [7, 11) is 0.